The number of hydrogen-bond acceptors (Lipinski definition) is 7. The predicted molar refractivity (Wildman–Crippen MR) is 173 cm³/mol. The number of piperidine rings is 1. The SMILES string of the molecule is CCOc1ccc(-c2ccc(CC(=O)NCCC3CCCC3)nc2OCC2CCN(CCN3CCN(C)CC3)CC2)cc1. The summed E-state index contributed by atoms with van der Waals surface area (Å²) in [5, 5.41) is 3.12. The summed E-state index contributed by atoms with van der Waals surface area (Å²) in [6.45, 7) is 13.4. The summed E-state index contributed by atoms with van der Waals surface area (Å²) in [4.78, 5) is 25.3. The summed E-state index contributed by atoms with van der Waals surface area (Å²) < 4.78 is 12.1. The molecule has 2 aliphatic heterocycles. The second-order valence-corrected chi connectivity index (χ2v) is 12.8. The Balaban J connectivity index is 1.15. The van der Waals surface area contributed by atoms with E-state index in [0.29, 0.717) is 25.0 Å². The molecule has 0 unspecified atom stereocenters. The van der Waals surface area contributed by atoms with E-state index in [0.717, 1.165) is 73.9 Å². The average Bonchev–Trinajstić information content (AvgIpc) is 3.55. The van der Waals surface area contributed by atoms with Crippen LogP contribution in [0.25, 0.3) is 11.1 Å². The molecule has 3 fully saturated rings. The zero-order valence-corrected chi connectivity index (χ0v) is 26.6. The minimum Gasteiger partial charge on any atom is -0.494 e. The number of piperazine rings is 1. The van der Waals surface area contributed by atoms with Crippen molar-refractivity contribution >= 4 is 5.91 Å². The normalized spacial score (nSPS) is 19.5. The van der Waals surface area contributed by atoms with Crippen molar-refractivity contribution in [2.45, 2.75) is 58.3 Å². The van der Waals surface area contributed by atoms with Gasteiger partial charge in [0.1, 0.15) is 5.75 Å². The molecule has 1 amide bonds. The van der Waals surface area contributed by atoms with Crippen LogP contribution in [0.5, 0.6) is 11.6 Å². The van der Waals surface area contributed by atoms with Gasteiger partial charge in [-0.2, -0.15) is 0 Å². The molecule has 1 aliphatic carbocycles. The number of likely N-dealkylation sites (N-methyl/N-ethyl adjacent to an activating group) is 1. The minimum absolute atomic E-state index is 0.0363. The van der Waals surface area contributed by atoms with E-state index in [4.69, 9.17) is 14.5 Å². The number of pyridine rings is 1. The second kappa shape index (κ2) is 16.4. The van der Waals surface area contributed by atoms with Crippen LogP contribution in [-0.4, -0.2) is 105 Å². The van der Waals surface area contributed by atoms with Gasteiger partial charge in [-0.15, -0.1) is 0 Å². The zero-order chi connectivity index (χ0) is 29.9. The molecule has 8 nitrogen and oxygen atoms in total. The summed E-state index contributed by atoms with van der Waals surface area (Å²) in [7, 11) is 2.21. The number of benzene rings is 1. The highest BCUT2D eigenvalue weighted by atomic mass is 16.5. The Labute approximate surface area is 259 Å². The number of amides is 1. The summed E-state index contributed by atoms with van der Waals surface area (Å²) in [6.07, 6.45) is 8.93. The summed E-state index contributed by atoms with van der Waals surface area (Å²) in [6, 6.07) is 12.1. The highest BCUT2D eigenvalue weighted by molar-refractivity contribution is 5.78. The number of hydrogen-bond donors (Lipinski definition) is 1. The molecule has 0 atom stereocenters. The van der Waals surface area contributed by atoms with E-state index in [1.165, 1.54) is 58.4 Å². The quantitative estimate of drug-likeness (QED) is 0.341. The maximum absolute atomic E-state index is 12.7. The van der Waals surface area contributed by atoms with Gasteiger partial charge in [0.05, 0.1) is 25.3 Å². The molecule has 5 rings (SSSR count). The van der Waals surface area contributed by atoms with Gasteiger partial charge in [-0.3, -0.25) is 9.69 Å². The molecular weight excluding hydrogens is 538 g/mol. The van der Waals surface area contributed by atoms with Crippen LogP contribution < -0.4 is 14.8 Å². The lowest BCUT2D eigenvalue weighted by Crippen LogP contribution is -2.47. The standard InChI is InChI=1S/C35H53N5O3/c1-3-42-32-11-8-30(9-12-32)33-13-10-31(26-34(41)36-17-14-28-6-4-5-7-28)37-35(33)43-27-29-15-18-39(19-16-29)24-25-40-22-20-38(2)21-23-40/h8-13,28-29H,3-7,14-27H2,1-2H3,(H,36,41). The van der Waals surface area contributed by atoms with Crippen LogP contribution in [-0.2, 0) is 11.2 Å². The molecule has 3 aliphatic rings. The fourth-order valence-electron chi connectivity index (χ4n) is 6.67. The minimum atomic E-state index is 0.0363. The molecule has 2 saturated heterocycles. The monoisotopic (exact) mass is 591 g/mol. The summed E-state index contributed by atoms with van der Waals surface area (Å²) in [5.74, 6) is 2.80. The molecule has 0 bridgehead atoms. The van der Waals surface area contributed by atoms with Gasteiger partial charge in [0.25, 0.3) is 0 Å². The van der Waals surface area contributed by atoms with Crippen LogP contribution in [0.4, 0.5) is 0 Å². The molecule has 0 spiro atoms. The van der Waals surface area contributed by atoms with Gasteiger partial charge in [0.15, 0.2) is 0 Å². The number of likely N-dealkylation sites (tertiary alicyclic amines) is 1. The first-order valence-corrected chi connectivity index (χ1v) is 16.8. The van der Waals surface area contributed by atoms with E-state index in [1.54, 1.807) is 0 Å². The largest absolute Gasteiger partial charge is 0.494 e. The van der Waals surface area contributed by atoms with E-state index in [1.807, 2.05) is 25.1 Å². The van der Waals surface area contributed by atoms with Gasteiger partial charge in [-0.25, -0.2) is 4.98 Å². The van der Waals surface area contributed by atoms with Crippen LogP contribution >= 0.6 is 0 Å². The molecule has 236 valence electrons. The molecule has 1 aromatic carbocycles. The number of carbonyl (C=O) groups excluding carboxylic acids is 1. The van der Waals surface area contributed by atoms with Crippen LogP contribution in [0, 0.1) is 11.8 Å². The Bertz CT molecular complexity index is 1120. The lowest BCUT2D eigenvalue weighted by molar-refractivity contribution is -0.120. The first-order chi connectivity index (χ1) is 21.1. The summed E-state index contributed by atoms with van der Waals surface area (Å²) >= 11 is 0. The van der Waals surface area contributed by atoms with E-state index in [9.17, 15) is 4.79 Å². The van der Waals surface area contributed by atoms with Crippen molar-refractivity contribution in [2.24, 2.45) is 11.8 Å². The number of aromatic nitrogens is 1. The van der Waals surface area contributed by atoms with E-state index in [-0.39, 0.29) is 12.3 Å². The Morgan fingerprint density at radius 2 is 1.56 bits per heavy atom. The molecule has 3 heterocycles. The van der Waals surface area contributed by atoms with Crippen molar-refractivity contribution < 1.29 is 14.3 Å². The maximum Gasteiger partial charge on any atom is 0.226 e. The van der Waals surface area contributed by atoms with Gasteiger partial charge in [-0.05, 0) is 88.0 Å². The third-order valence-corrected chi connectivity index (χ3v) is 9.58. The zero-order valence-electron chi connectivity index (χ0n) is 26.6. The molecule has 1 N–H and O–H groups in total. The van der Waals surface area contributed by atoms with Crippen molar-refractivity contribution in [1.82, 2.24) is 25.0 Å². The highest BCUT2D eigenvalue weighted by Crippen LogP contribution is 2.31. The molecule has 2 aromatic rings. The fourth-order valence-corrected chi connectivity index (χ4v) is 6.67. The number of carbonyl (C=O) groups is 1. The van der Waals surface area contributed by atoms with Crippen LogP contribution in [0.2, 0.25) is 0 Å². The molecule has 1 saturated carbocycles. The van der Waals surface area contributed by atoms with E-state index < -0.39 is 0 Å². The predicted octanol–water partition coefficient (Wildman–Crippen LogP) is 4.72. The summed E-state index contributed by atoms with van der Waals surface area (Å²) in [5.41, 5.74) is 2.75. The lowest BCUT2D eigenvalue weighted by atomic mass is 9.98. The first kappa shape index (κ1) is 31.7. The van der Waals surface area contributed by atoms with Gasteiger partial charge in [0, 0.05) is 51.4 Å². The highest BCUT2D eigenvalue weighted by Gasteiger charge is 2.22. The number of ether oxygens (including phenoxy) is 2. The Morgan fingerprint density at radius 1 is 0.860 bits per heavy atom. The molecular formula is C35H53N5O3. The van der Waals surface area contributed by atoms with Gasteiger partial charge < -0.3 is 24.6 Å². The Morgan fingerprint density at radius 3 is 2.26 bits per heavy atom. The smallest absolute Gasteiger partial charge is 0.226 e. The van der Waals surface area contributed by atoms with E-state index >= 15 is 0 Å². The van der Waals surface area contributed by atoms with Gasteiger partial charge in [0.2, 0.25) is 11.8 Å². The molecule has 8 heteroatoms. The first-order valence-electron chi connectivity index (χ1n) is 16.8. The van der Waals surface area contributed by atoms with Crippen molar-refractivity contribution in [1.29, 1.82) is 0 Å². The number of nitrogens with zero attached hydrogens (tertiary/aromatic N) is 4. The number of rotatable bonds is 14. The van der Waals surface area contributed by atoms with Gasteiger partial charge in [-0.1, -0.05) is 37.8 Å². The number of nitrogens with one attached hydrogen (secondary N) is 1. The topological polar surface area (TPSA) is 70.2 Å². The van der Waals surface area contributed by atoms with Crippen LogP contribution in [0.3, 0.4) is 0 Å². The molecule has 0 radical (unpaired) electrons. The molecule has 1 aromatic heterocycles. The van der Waals surface area contributed by atoms with Crippen molar-refractivity contribution in [3.8, 4) is 22.8 Å². The van der Waals surface area contributed by atoms with Gasteiger partial charge >= 0.3 is 0 Å². The third-order valence-electron chi connectivity index (χ3n) is 9.58. The van der Waals surface area contributed by atoms with Crippen molar-refractivity contribution in [2.75, 3.05) is 79.2 Å². The van der Waals surface area contributed by atoms with Crippen molar-refractivity contribution in [3.05, 3.63) is 42.1 Å². The Kier molecular flexibility index (Phi) is 12.1. The lowest BCUT2D eigenvalue weighted by Gasteiger charge is -2.36. The van der Waals surface area contributed by atoms with E-state index in [2.05, 4.69) is 45.3 Å². The second-order valence-electron chi connectivity index (χ2n) is 12.8. The molecule has 43 heavy (non-hydrogen) atoms. The average molecular weight is 592 g/mol. The Hall–Kier alpha value is -2.68. The van der Waals surface area contributed by atoms with Crippen LogP contribution in [0.1, 0.15) is 57.6 Å². The van der Waals surface area contributed by atoms with Crippen molar-refractivity contribution in [3.63, 3.8) is 0 Å². The maximum atomic E-state index is 12.7. The fraction of sp³-hybridized carbons (Fsp3) is 0.657. The third kappa shape index (κ3) is 9.91. The van der Waals surface area contributed by atoms with Crippen LogP contribution in [0.15, 0.2) is 36.4 Å².